The molecule has 17 heavy (non-hydrogen) atoms. The van der Waals surface area contributed by atoms with Gasteiger partial charge in [-0.15, -0.1) is 0 Å². The first kappa shape index (κ1) is 13.6. The lowest BCUT2D eigenvalue weighted by Crippen LogP contribution is -2.33. The molecular weight excluding hydrogens is 216 g/mol. The van der Waals surface area contributed by atoms with Gasteiger partial charge in [-0.2, -0.15) is 0 Å². The summed E-state index contributed by atoms with van der Waals surface area (Å²) in [4.78, 5) is 17.9. The minimum absolute atomic E-state index is 0.0168. The highest BCUT2D eigenvalue weighted by Gasteiger charge is 2.14. The van der Waals surface area contributed by atoms with Gasteiger partial charge in [-0.1, -0.05) is 13.8 Å². The van der Waals surface area contributed by atoms with Crippen LogP contribution < -0.4 is 0 Å². The zero-order valence-electron chi connectivity index (χ0n) is 10.7. The largest absolute Gasteiger partial charge is 0.395 e. The SMILES string of the molecule is CCN(CCO)C(=O)c1ccc(C(C)C)nc1. The van der Waals surface area contributed by atoms with Crippen LogP contribution in [0.5, 0.6) is 0 Å². The molecule has 0 bridgehead atoms. The second kappa shape index (κ2) is 6.35. The van der Waals surface area contributed by atoms with Crippen molar-refractivity contribution in [3.8, 4) is 0 Å². The Hall–Kier alpha value is -1.42. The molecule has 0 spiro atoms. The van der Waals surface area contributed by atoms with E-state index in [9.17, 15) is 4.79 Å². The molecule has 1 rings (SSSR count). The maximum Gasteiger partial charge on any atom is 0.255 e. The molecule has 94 valence electrons. The van der Waals surface area contributed by atoms with Gasteiger partial charge in [-0.25, -0.2) is 0 Å². The first-order valence-corrected chi connectivity index (χ1v) is 5.96. The van der Waals surface area contributed by atoms with E-state index in [4.69, 9.17) is 5.11 Å². The summed E-state index contributed by atoms with van der Waals surface area (Å²) in [6.07, 6.45) is 1.61. The minimum Gasteiger partial charge on any atom is -0.395 e. The highest BCUT2D eigenvalue weighted by atomic mass is 16.3. The van der Waals surface area contributed by atoms with Gasteiger partial charge in [0.25, 0.3) is 5.91 Å². The Morgan fingerprint density at radius 2 is 2.18 bits per heavy atom. The van der Waals surface area contributed by atoms with Crippen molar-refractivity contribution < 1.29 is 9.90 Å². The van der Waals surface area contributed by atoms with Gasteiger partial charge in [0, 0.05) is 25.0 Å². The number of pyridine rings is 1. The Morgan fingerprint density at radius 3 is 2.59 bits per heavy atom. The molecular formula is C13H20N2O2. The summed E-state index contributed by atoms with van der Waals surface area (Å²) in [5.74, 6) is 0.281. The number of likely N-dealkylation sites (N-methyl/N-ethyl adjacent to an activating group) is 1. The van der Waals surface area contributed by atoms with E-state index in [1.165, 1.54) is 0 Å². The molecule has 0 radical (unpaired) electrons. The maximum absolute atomic E-state index is 12.0. The van der Waals surface area contributed by atoms with Crippen molar-refractivity contribution in [2.45, 2.75) is 26.7 Å². The van der Waals surface area contributed by atoms with E-state index in [1.807, 2.05) is 13.0 Å². The fraction of sp³-hybridized carbons (Fsp3) is 0.538. The van der Waals surface area contributed by atoms with Crippen molar-refractivity contribution in [3.63, 3.8) is 0 Å². The third kappa shape index (κ3) is 3.53. The molecule has 1 aromatic rings. The van der Waals surface area contributed by atoms with Crippen LogP contribution in [0.25, 0.3) is 0 Å². The summed E-state index contributed by atoms with van der Waals surface area (Å²) >= 11 is 0. The van der Waals surface area contributed by atoms with Crippen LogP contribution >= 0.6 is 0 Å². The number of aliphatic hydroxyl groups excluding tert-OH is 1. The number of hydrogen-bond acceptors (Lipinski definition) is 3. The minimum atomic E-state index is -0.0793. The van der Waals surface area contributed by atoms with Gasteiger partial charge in [0.2, 0.25) is 0 Å². The van der Waals surface area contributed by atoms with Crippen molar-refractivity contribution in [1.29, 1.82) is 0 Å². The number of carbonyl (C=O) groups excluding carboxylic acids is 1. The van der Waals surface area contributed by atoms with Gasteiger partial charge in [0.1, 0.15) is 0 Å². The fourth-order valence-corrected chi connectivity index (χ4v) is 1.58. The normalized spacial score (nSPS) is 10.6. The van der Waals surface area contributed by atoms with Gasteiger partial charge in [0.05, 0.1) is 12.2 Å². The van der Waals surface area contributed by atoms with Crippen LogP contribution in [0.4, 0.5) is 0 Å². The highest BCUT2D eigenvalue weighted by Crippen LogP contribution is 2.12. The molecule has 4 heteroatoms. The zero-order valence-corrected chi connectivity index (χ0v) is 10.7. The second-order valence-electron chi connectivity index (χ2n) is 4.23. The van der Waals surface area contributed by atoms with Crippen molar-refractivity contribution in [1.82, 2.24) is 9.88 Å². The predicted octanol–water partition coefficient (Wildman–Crippen LogP) is 1.66. The third-order valence-corrected chi connectivity index (χ3v) is 2.66. The van der Waals surface area contributed by atoms with Crippen LogP contribution in [0.3, 0.4) is 0 Å². The number of amides is 1. The number of rotatable bonds is 5. The standard InChI is InChI=1S/C13H20N2O2/c1-4-15(7-8-16)13(17)11-5-6-12(10(2)3)14-9-11/h5-6,9-10,16H,4,7-8H2,1-3H3. The quantitative estimate of drug-likeness (QED) is 0.846. The molecule has 0 atom stereocenters. The average molecular weight is 236 g/mol. The molecule has 1 amide bonds. The lowest BCUT2D eigenvalue weighted by molar-refractivity contribution is 0.0731. The van der Waals surface area contributed by atoms with E-state index in [0.717, 1.165) is 5.69 Å². The number of carbonyl (C=O) groups is 1. The molecule has 0 aliphatic rings. The molecule has 0 aliphatic carbocycles. The summed E-state index contributed by atoms with van der Waals surface area (Å²) in [6, 6.07) is 3.68. The molecule has 0 fully saturated rings. The van der Waals surface area contributed by atoms with Crippen LogP contribution in [0.15, 0.2) is 18.3 Å². The molecule has 1 N–H and O–H groups in total. The number of hydrogen-bond donors (Lipinski definition) is 1. The molecule has 0 unspecified atom stereocenters. The lowest BCUT2D eigenvalue weighted by Gasteiger charge is -2.19. The van der Waals surface area contributed by atoms with Gasteiger partial charge in [0.15, 0.2) is 0 Å². The monoisotopic (exact) mass is 236 g/mol. The van der Waals surface area contributed by atoms with Crippen LogP contribution in [-0.4, -0.2) is 40.6 Å². The Bertz CT molecular complexity index is 360. The van der Waals surface area contributed by atoms with Crippen LogP contribution in [-0.2, 0) is 0 Å². The predicted molar refractivity (Wildman–Crippen MR) is 67.0 cm³/mol. The average Bonchev–Trinajstić information content (AvgIpc) is 2.35. The summed E-state index contributed by atoms with van der Waals surface area (Å²) in [7, 11) is 0. The van der Waals surface area contributed by atoms with Crippen molar-refractivity contribution in [2.24, 2.45) is 0 Å². The number of aromatic nitrogens is 1. The van der Waals surface area contributed by atoms with Crippen molar-refractivity contribution in [2.75, 3.05) is 19.7 Å². The highest BCUT2D eigenvalue weighted by molar-refractivity contribution is 5.93. The maximum atomic E-state index is 12.0. The Kier molecular flexibility index (Phi) is 5.10. The van der Waals surface area contributed by atoms with Crippen molar-refractivity contribution in [3.05, 3.63) is 29.6 Å². The summed E-state index contributed by atoms with van der Waals surface area (Å²) < 4.78 is 0. The van der Waals surface area contributed by atoms with Crippen LogP contribution in [0.1, 0.15) is 42.7 Å². The molecule has 1 heterocycles. The first-order chi connectivity index (χ1) is 8.10. The van der Waals surface area contributed by atoms with E-state index in [1.54, 1.807) is 17.2 Å². The number of nitrogens with zero attached hydrogens (tertiary/aromatic N) is 2. The summed E-state index contributed by atoms with van der Waals surface area (Å²) in [5, 5.41) is 8.87. The van der Waals surface area contributed by atoms with E-state index < -0.39 is 0 Å². The Balaban J connectivity index is 2.81. The van der Waals surface area contributed by atoms with Crippen LogP contribution in [0.2, 0.25) is 0 Å². The number of aliphatic hydroxyl groups is 1. The molecule has 0 aromatic carbocycles. The molecule has 4 nitrogen and oxygen atoms in total. The van der Waals surface area contributed by atoms with Gasteiger partial charge in [-0.05, 0) is 25.0 Å². The van der Waals surface area contributed by atoms with Gasteiger partial charge >= 0.3 is 0 Å². The van der Waals surface area contributed by atoms with Crippen LogP contribution in [0, 0.1) is 0 Å². The van der Waals surface area contributed by atoms with E-state index >= 15 is 0 Å². The van der Waals surface area contributed by atoms with Gasteiger partial charge < -0.3 is 10.0 Å². The van der Waals surface area contributed by atoms with E-state index in [0.29, 0.717) is 24.6 Å². The topological polar surface area (TPSA) is 53.4 Å². The Labute approximate surface area is 102 Å². The molecule has 1 aromatic heterocycles. The molecule has 0 saturated carbocycles. The summed E-state index contributed by atoms with van der Waals surface area (Å²) in [6.45, 7) is 6.95. The third-order valence-electron chi connectivity index (χ3n) is 2.66. The Morgan fingerprint density at radius 1 is 1.47 bits per heavy atom. The second-order valence-corrected chi connectivity index (χ2v) is 4.23. The molecule has 0 aliphatic heterocycles. The van der Waals surface area contributed by atoms with Crippen molar-refractivity contribution >= 4 is 5.91 Å². The first-order valence-electron chi connectivity index (χ1n) is 5.96. The molecule has 0 saturated heterocycles. The van der Waals surface area contributed by atoms with E-state index in [-0.39, 0.29) is 12.5 Å². The van der Waals surface area contributed by atoms with Gasteiger partial charge in [-0.3, -0.25) is 9.78 Å². The zero-order chi connectivity index (χ0) is 12.8. The lowest BCUT2D eigenvalue weighted by atomic mass is 10.1. The fourth-order valence-electron chi connectivity index (χ4n) is 1.58. The smallest absolute Gasteiger partial charge is 0.255 e. The van der Waals surface area contributed by atoms with E-state index in [2.05, 4.69) is 18.8 Å². The summed E-state index contributed by atoms with van der Waals surface area (Å²) in [5.41, 5.74) is 1.55.